The molecular formula is C13H17Br2NOS. The molecule has 0 radical (unpaired) electrons. The molecule has 100 valence electrons. The van der Waals surface area contributed by atoms with Crippen molar-refractivity contribution in [2.45, 2.75) is 26.2 Å². The number of Topliss-reactive ketones (excluding diaryl/α,β-unsaturated/α-hetero) is 1. The molecule has 1 atom stereocenters. The molecule has 1 fully saturated rings. The molecule has 1 saturated heterocycles. The molecule has 0 aromatic carbocycles. The summed E-state index contributed by atoms with van der Waals surface area (Å²) in [6, 6.07) is 1.91. The van der Waals surface area contributed by atoms with Crippen molar-refractivity contribution >= 4 is 49.0 Å². The van der Waals surface area contributed by atoms with Crippen molar-refractivity contribution in [3.05, 3.63) is 19.2 Å². The predicted octanol–water partition coefficient (Wildman–Crippen LogP) is 4.58. The fourth-order valence-corrected chi connectivity index (χ4v) is 5.15. The maximum atomic E-state index is 12.3. The first-order chi connectivity index (χ1) is 8.56. The van der Waals surface area contributed by atoms with Crippen molar-refractivity contribution in [3.63, 3.8) is 0 Å². The molecule has 18 heavy (non-hydrogen) atoms. The molecular weight excluding hydrogens is 378 g/mol. The molecule has 2 nitrogen and oxygen atoms in total. The lowest BCUT2D eigenvalue weighted by Crippen LogP contribution is -2.30. The molecule has 0 amide bonds. The minimum atomic E-state index is 0.221. The first kappa shape index (κ1) is 14.7. The van der Waals surface area contributed by atoms with Gasteiger partial charge in [0.25, 0.3) is 0 Å². The lowest BCUT2D eigenvalue weighted by Gasteiger charge is -2.18. The summed E-state index contributed by atoms with van der Waals surface area (Å²) in [4.78, 5) is 14.6. The second-order valence-corrected chi connectivity index (χ2v) is 8.72. The van der Waals surface area contributed by atoms with Crippen molar-refractivity contribution < 1.29 is 4.79 Å². The Bertz CT molecular complexity index is 433. The van der Waals surface area contributed by atoms with Gasteiger partial charge in [-0.2, -0.15) is 0 Å². The molecule has 0 aliphatic carbocycles. The van der Waals surface area contributed by atoms with E-state index < -0.39 is 0 Å². The van der Waals surface area contributed by atoms with Crippen LogP contribution in [0.1, 0.15) is 36.5 Å². The Morgan fingerprint density at radius 3 is 2.89 bits per heavy atom. The van der Waals surface area contributed by atoms with E-state index >= 15 is 0 Å². The monoisotopic (exact) mass is 393 g/mol. The topological polar surface area (TPSA) is 20.3 Å². The van der Waals surface area contributed by atoms with Crippen molar-refractivity contribution in [3.8, 4) is 0 Å². The maximum absolute atomic E-state index is 12.3. The van der Waals surface area contributed by atoms with Crippen LogP contribution in [0.2, 0.25) is 0 Å². The number of hydrogen-bond donors (Lipinski definition) is 0. The van der Waals surface area contributed by atoms with E-state index in [4.69, 9.17) is 0 Å². The third-order valence-electron chi connectivity index (χ3n) is 3.43. The molecule has 1 aliphatic rings. The highest BCUT2D eigenvalue weighted by Gasteiger charge is 2.19. The number of halogens is 2. The smallest absolute Gasteiger partial charge is 0.178 e. The normalized spacial score (nSPS) is 21.8. The number of ketones is 1. The molecule has 5 heteroatoms. The summed E-state index contributed by atoms with van der Waals surface area (Å²) in [5, 5.41) is 0. The van der Waals surface area contributed by atoms with Crippen LogP contribution >= 0.6 is 43.2 Å². The number of rotatable bonds is 3. The Hall–Kier alpha value is 0.290. The summed E-state index contributed by atoms with van der Waals surface area (Å²) in [5.41, 5.74) is 0.809. The van der Waals surface area contributed by atoms with Crippen LogP contribution in [0.4, 0.5) is 0 Å². The molecule has 0 N–H and O–H groups in total. The Labute approximate surface area is 129 Å². The molecule has 0 bridgehead atoms. The Balaban J connectivity index is 1.96. The van der Waals surface area contributed by atoms with E-state index in [1.807, 2.05) is 6.07 Å². The Kier molecular flexibility index (Phi) is 5.42. The van der Waals surface area contributed by atoms with Gasteiger partial charge in [-0.15, -0.1) is 11.3 Å². The van der Waals surface area contributed by atoms with Gasteiger partial charge in [0.2, 0.25) is 0 Å². The van der Waals surface area contributed by atoms with Gasteiger partial charge < -0.3 is 0 Å². The van der Waals surface area contributed by atoms with Crippen LogP contribution in [-0.2, 0) is 0 Å². The summed E-state index contributed by atoms with van der Waals surface area (Å²) >= 11 is 8.43. The molecule has 1 aromatic heterocycles. The number of likely N-dealkylation sites (tertiary alicyclic amines) is 1. The fourth-order valence-electron chi connectivity index (χ4n) is 2.30. The molecule has 1 aromatic rings. The van der Waals surface area contributed by atoms with E-state index in [-0.39, 0.29) is 5.78 Å². The van der Waals surface area contributed by atoms with E-state index in [0.717, 1.165) is 32.1 Å². The van der Waals surface area contributed by atoms with Crippen molar-refractivity contribution in [1.82, 2.24) is 4.90 Å². The Morgan fingerprint density at radius 2 is 2.22 bits per heavy atom. The van der Waals surface area contributed by atoms with Crippen LogP contribution in [-0.4, -0.2) is 30.3 Å². The van der Waals surface area contributed by atoms with Gasteiger partial charge >= 0.3 is 0 Å². The second kappa shape index (κ2) is 6.64. The summed E-state index contributed by atoms with van der Waals surface area (Å²) in [5.74, 6) is 1.02. The van der Waals surface area contributed by atoms with Crippen LogP contribution in [0.25, 0.3) is 0 Å². The molecule has 1 unspecified atom stereocenters. The van der Waals surface area contributed by atoms with Gasteiger partial charge in [0.15, 0.2) is 5.78 Å². The number of carbonyl (C=O) groups excluding carboxylic acids is 1. The summed E-state index contributed by atoms with van der Waals surface area (Å²) in [7, 11) is 0. The van der Waals surface area contributed by atoms with Gasteiger partial charge in [-0.3, -0.25) is 9.69 Å². The molecule has 2 rings (SSSR count). The fraction of sp³-hybridized carbons (Fsp3) is 0.615. The third kappa shape index (κ3) is 3.89. The SMILES string of the molecule is CC1CCCN(CC(=O)c2cc(Br)sc2Br)CC1. The molecule has 0 saturated carbocycles. The van der Waals surface area contributed by atoms with Gasteiger partial charge in [-0.1, -0.05) is 6.92 Å². The van der Waals surface area contributed by atoms with Gasteiger partial charge in [0.1, 0.15) is 0 Å². The first-order valence-electron chi connectivity index (χ1n) is 6.26. The average molecular weight is 395 g/mol. The summed E-state index contributed by atoms with van der Waals surface area (Å²) in [6.45, 7) is 4.96. The van der Waals surface area contributed by atoms with E-state index in [1.165, 1.54) is 19.3 Å². The zero-order valence-electron chi connectivity index (χ0n) is 10.4. The maximum Gasteiger partial charge on any atom is 0.178 e. The van der Waals surface area contributed by atoms with Crippen molar-refractivity contribution in [2.24, 2.45) is 5.92 Å². The quantitative estimate of drug-likeness (QED) is 0.699. The molecule has 2 heterocycles. The van der Waals surface area contributed by atoms with E-state index in [1.54, 1.807) is 11.3 Å². The molecule has 1 aliphatic heterocycles. The van der Waals surface area contributed by atoms with Gasteiger partial charge in [-0.25, -0.2) is 0 Å². The Morgan fingerprint density at radius 1 is 1.44 bits per heavy atom. The number of nitrogens with zero attached hydrogens (tertiary/aromatic N) is 1. The lowest BCUT2D eigenvalue weighted by atomic mass is 10.0. The van der Waals surface area contributed by atoms with Crippen LogP contribution in [0, 0.1) is 5.92 Å². The highest BCUT2D eigenvalue weighted by Crippen LogP contribution is 2.32. The largest absolute Gasteiger partial charge is 0.296 e. The van der Waals surface area contributed by atoms with E-state index in [2.05, 4.69) is 43.7 Å². The minimum absolute atomic E-state index is 0.221. The van der Waals surface area contributed by atoms with Crippen molar-refractivity contribution in [2.75, 3.05) is 19.6 Å². The second-order valence-electron chi connectivity index (χ2n) is 4.97. The van der Waals surface area contributed by atoms with Gasteiger partial charge in [0, 0.05) is 5.56 Å². The van der Waals surface area contributed by atoms with E-state index in [9.17, 15) is 4.79 Å². The minimum Gasteiger partial charge on any atom is -0.296 e. The molecule has 0 spiro atoms. The number of hydrogen-bond acceptors (Lipinski definition) is 3. The highest BCUT2D eigenvalue weighted by atomic mass is 79.9. The van der Waals surface area contributed by atoms with Gasteiger partial charge in [0.05, 0.1) is 14.1 Å². The standard InChI is InChI=1S/C13H17Br2NOS/c1-9-3-2-5-16(6-4-9)8-11(17)10-7-12(14)18-13(10)15/h7,9H,2-6,8H2,1H3. The number of carbonyl (C=O) groups is 1. The van der Waals surface area contributed by atoms with Crippen LogP contribution in [0.3, 0.4) is 0 Å². The predicted molar refractivity (Wildman–Crippen MR) is 83.5 cm³/mol. The van der Waals surface area contributed by atoms with Crippen LogP contribution in [0.15, 0.2) is 13.6 Å². The first-order valence-corrected chi connectivity index (χ1v) is 8.67. The lowest BCUT2D eigenvalue weighted by molar-refractivity contribution is 0.0932. The zero-order valence-corrected chi connectivity index (χ0v) is 14.4. The highest BCUT2D eigenvalue weighted by molar-refractivity contribution is 9.12. The van der Waals surface area contributed by atoms with Crippen LogP contribution < -0.4 is 0 Å². The third-order valence-corrected chi connectivity index (χ3v) is 5.77. The zero-order chi connectivity index (χ0) is 13.1. The number of thiophene rings is 1. The van der Waals surface area contributed by atoms with E-state index in [0.29, 0.717) is 6.54 Å². The van der Waals surface area contributed by atoms with Gasteiger partial charge in [-0.05, 0) is 76.2 Å². The van der Waals surface area contributed by atoms with Crippen molar-refractivity contribution in [1.29, 1.82) is 0 Å². The van der Waals surface area contributed by atoms with Crippen LogP contribution in [0.5, 0.6) is 0 Å². The summed E-state index contributed by atoms with van der Waals surface area (Å²) in [6.07, 6.45) is 3.71. The average Bonchev–Trinajstić information content (AvgIpc) is 2.51. The summed E-state index contributed by atoms with van der Waals surface area (Å²) < 4.78 is 1.93.